The van der Waals surface area contributed by atoms with E-state index in [-0.39, 0.29) is 31.4 Å². The van der Waals surface area contributed by atoms with Crippen molar-refractivity contribution in [3.05, 3.63) is 30.3 Å². The molecule has 0 radical (unpaired) electrons. The first-order chi connectivity index (χ1) is 3.39. The molecular weight excluding hydrogens is 128 g/mol. The molecule has 0 aliphatic heterocycles. The summed E-state index contributed by atoms with van der Waals surface area (Å²) in [6.45, 7) is 0. The maximum Gasteiger partial charge on any atom is 2.00 e. The molecule has 0 saturated carbocycles. The van der Waals surface area contributed by atoms with E-state index in [1.807, 2.05) is 6.07 Å². The van der Waals surface area contributed by atoms with Crippen molar-refractivity contribution in [3.8, 4) is 5.75 Å². The molecule has 0 atom stereocenters. The van der Waals surface area contributed by atoms with E-state index < -0.39 is 0 Å². The fraction of sp³-hybridized carbons (Fsp3) is 0. The minimum absolute atomic E-state index is 0. The molecular formula is C6H10MgO2. The van der Waals surface area contributed by atoms with Crippen molar-refractivity contribution in [2.75, 3.05) is 0 Å². The standard InChI is InChI=1S/C6H6O.Mg.H2O.2H/c7-6-4-2-1-3-5-6;;;;/h1-5,7H;;1H2;;/q;+2;;2*-1. The van der Waals surface area contributed by atoms with Crippen molar-refractivity contribution < 1.29 is 13.4 Å². The van der Waals surface area contributed by atoms with E-state index in [1.165, 1.54) is 0 Å². The Kier molecular flexibility index (Phi) is 7.53. The van der Waals surface area contributed by atoms with Gasteiger partial charge in [-0.25, -0.2) is 0 Å². The predicted molar refractivity (Wildman–Crippen MR) is 39.7 cm³/mol. The Labute approximate surface area is 72.9 Å². The van der Waals surface area contributed by atoms with Gasteiger partial charge < -0.3 is 13.4 Å². The van der Waals surface area contributed by atoms with Gasteiger partial charge in [0.1, 0.15) is 5.75 Å². The Hall–Kier alpha value is -0.254. The molecule has 0 bridgehead atoms. The zero-order valence-electron chi connectivity index (χ0n) is 7.04. The van der Waals surface area contributed by atoms with Crippen LogP contribution in [0.3, 0.4) is 0 Å². The molecule has 1 rings (SSSR count). The summed E-state index contributed by atoms with van der Waals surface area (Å²) >= 11 is 0. The zero-order chi connectivity index (χ0) is 5.11. The first kappa shape index (κ1) is 11.5. The van der Waals surface area contributed by atoms with Crippen LogP contribution in [0.1, 0.15) is 2.85 Å². The summed E-state index contributed by atoms with van der Waals surface area (Å²) in [6.07, 6.45) is 0. The van der Waals surface area contributed by atoms with E-state index in [1.54, 1.807) is 24.3 Å². The number of hydrogen-bond donors (Lipinski definition) is 1. The van der Waals surface area contributed by atoms with Crippen LogP contribution in [0, 0.1) is 0 Å². The van der Waals surface area contributed by atoms with Crippen LogP contribution in [0.5, 0.6) is 5.75 Å². The summed E-state index contributed by atoms with van der Waals surface area (Å²) in [5, 5.41) is 8.63. The van der Waals surface area contributed by atoms with Gasteiger partial charge in [0.15, 0.2) is 0 Å². The third kappa shape index (κ3) is 4.26. The molecule has 0 amide bonds. The van der Waals surface area contributed by atoms with Crippen LogP contribution in [-0.4, -0.2) is 33.6 Å². The smallest absolute Gasteiger partial charge is 1.00 e. The first-order valence-electron chi connectivity index (χ1n) is 2.13. The third-order valence-corrected chi connectivity index (χ3v) is 0.756. The van der Waals surface area contributed by atoms with E-state index in [2.05, 4.69) is 0 Å². The topological polar surface area (TPSA) is 51.7 Å². The second-order valence-corrected chi connectivity index (χ2v) is 1.34. The maximum absolute atomic E-state index is 8.63. The monoisotopic (exact) mass is 138 g/mol. The third-order valence-electron chi connectivity index (χ3n) is 0.756. The van der Waals surface area contributed by atoms with Crippen LogP contribution >= 0.6 is 0 Å². The Morgan fingerprint density at radius 1 is 1.11 bits per heavy atom. The van der Waals surface area contributed by atoms with Gasteiger partial charge in [-0.05, 0) is 12.1 Å². The molecule has 0 saturated heterocycles. The van der Waals surface area contributed by atoms with Crippen molar-refractivity contribution in [2.45, 2.75) is 0 Å². The average molecular weight is 138 g/mol. The molecule has 0 unspecified atom stereocenters. The summed E-state index contributed by atoms with van der Waals surface area (Å²) in [5.41, 5.74) is 0. The summed E-state index contributed by atoms with van der Waals surface area (Å²) in [6, 6.07) is 8.71. The van der Waals surface area contributed by atoms with Gasteiger partial charge >= 0.3 is 23.1 Å². The van der Waals surface area contributed by atoms with Gasteiger partial charge in [0.2, 0.25) is 0 Å². The predicted octanol–water partition coefficient (Wildman–Crippen LogP) is 0.412. The largest absolute Gasteiger partial charge is 2.00 e. The summed E-state index contributed by atoms with van der Waals surface area (Å²) in [4.78, 5) is 0. The normalized spacial score (nSPS) is 6.67. The molecule has 2 nitrogen and oxygen atoms in total. The van der Waals surface area contributed by atoms with Crippen molar-refractivity contribution in [2.24, 2.45) is 0 Å². The Morgan fingerprint density at radius 3 is 1.78 bits per heavy atom. The quantitative estimate of drug-likeness (QED) is 0.519. The second-order valence-electron chi connectivity index (χ2n) is 1.34. The number of para-hydroxylation sites is 1. The molecule has 3 N–H and O–H groups in total. The van der Waals surface area contributed by atoms with Crippen molar-refractivity contribution in [1.29, 1.82) is 0 Å². The number of phenols is 1. The second kappa shape index (κ2) is 5.88. The van der Waals surface area contributed by atoms with Crippen LogP contribution < -0.4 is 0 Å². The van der Waals surface area contributed by atoms with E-state index in [0.29, 0.717) is 5.75 Å². The summed E-state index contributed by atoms with van der Waals surface area (Å²) in [5.74, 6) is 0.322. The zero-order valence-corrected chi connectivity index (χ0v) is 6.46. The molecule has 9 heavy (non-hydrogen) atoms. The Bertz CT molecular complexity index is 149. The SMILES string of the molecule is O.Oc1ccccc1.[H-].[H-].[Mg+2]. The fourth-order valence-corrected chi connectivity index (χ4v) is 0.428. The van der Waals surface area contributed by atoms with Crippen LogP contribution in [-0.2, 0) is 0 Å². The molecule has 0 aliphatic rings. The fourth-order valence-electron chi connectivity index (χ4n) is 0.428. The average Bonchev–Trinajstić information content (AvgIpc) is 1.69. The summed E-state index contributed by atoms with van der Waals surface area (Å²) < 4.78 is 0. The van der Waals surface area contributed by atoms with Crippen molar-refractivity contribution in [1.82, 2.24) is 0 Å². The van der Waals surface area contributed by atoms with Crippen LogP contribution in [0.2, 0.25) is 0 Å². The number of hydrogen-bond acceptors (Lipinski definition) is 1. The van der Waals surface area contributed by atoms with Crippen LogP contribution in [0.25, 0.3) is 0 Å². The Morgan fingerprint density at radius 2 is 1.56 bits per heavy atom. The number of phenolic OH excluding ortho intramolecular Hbond substituents is 1. The minimum Gasteiger partial charge on any atom is -1.00 e. The maximum atomic E-state index is 8.63. The van der Waals surface area contributed by atoms with Crippen LogP contribution in [0.4, 0.5) is 0 Å². The summed E-state index contributed by atoms with van der Waals surface area (Å²) in [7, 11) is 0. The Balaban J connectivity index is -0.0000000612. The van der Waals surface area contributed by atoms with Gasteiger partial charge in [0.25, 0.3) is 0 Å². The first-order valence-corrected chi connectivity index (χ1v) is 2.13. The van der Waals surface area contributed by atoms with E-state index in [0.717, 1.165) is 0 Å². The molecule has 1 aromatic rings. The molecule has 0 aliphatic carbocycles. The van der Waals surface area contributed by atoms with Gasteiger partial charge in [-0.1, -0.05) is 18.2 Å². The minimum atomic E-state index is 0. The number of benzene rings is 1. The van der Waals surface area contributed by atoms with Crippen molar-refractivity contribution >= 4 is 23.1 Å². The van der Waals surface area contributed by atoms with Gasteiger partial charge in [-0.2, -0.15) is 0 Å². The molecule has 0 heterocycles. The van der Waals surface area contributed by atoms with Gasteiger partial charge in [-0.15, -0.1) is 0 Å². The molecule has 1 aromatic carbocycles. The van der Waals surface area contributed by atoms with Gasteiger partial charge in [-0.3, -0.25) is 0 Å². The van der Waals surface area contributed by atoms with E-state index in [9.17, 15) is 0 Å². The number of rotatable bonds is 0. The van der Waals surface area contributed by atoms with Crippen LogP contribution in [0.15, 0.2) is 30.3 Å². The van der Waals surface area contributed by atoms with E-state index >= 15 is 0 Å². The van der Waals surface area contributed by atoms with E-state index in [4.69, 9.17) is 5.11 Å². The molecule has 0 fully saturated rings. The van der Waals surface area contributed by atoms with Gasteiger partial charge in [0.05, 0.1) is 0 Å². The number of aromatic hydroxyl groups is 1. The van der Waals surface area contributed by atoms with Gasteiger partial charge in [0, 0.05) is 0 Å². The van der Waals surface area contributed by atoms with Crippen molar-refractivity contribution in [3.63, 3.8) is 0 Å². The molecule has 48 valence electrons. The molecule has 0 spiro atoms. The molecule has 0 aromatic heterocycles. The molecule has 3 heteroatoms.